The number of benzene rings is 1. The van der Waals surface area contributed by atoms with Gasteiger partial charge in [0, 0.05) is 21.7 Å². The van der Waals surface area contributed by atoms with E-state index >= 15 is 0 Å². The lowest BCUT2D eigenvalue weighted by Crippen LogP contribution is -2.47. The minimum atomic E-state index is 0.0573. The van der Waals surface area contributed by atoms with Gasteiger partial charge in [-0.1, -0.05) is 12.1 Å². The zero-order valence-electron chi connectivity index (χ0n) is 10.3. The fourth-order valence-electron chi connectivity index (χ4n) is 3.02. The first-order chi connectivity index (χ1) is 8.69. The second kappa shape index (κ2) is 4.93. The van der Waals surface area contributed by atoms with Crippen molar-refractivity contribution in [2.75, 3.05) is 6.61 Å². The molecule has 1 aromatic rings. The van der Waals surface area contributed by atoms with Crippen molar-refractivity contribution in [2.45, 2.75) is 37.7 Å². The van der Waals surface area contributed by atoms with Gasteiger partial charge in [0.1, 0.15) is 0 Å². The molecule has 18 heavy (non-hydrogen) atoms. The maximum Gasteiger partial charge on any atom is 0.166 e. The van der Waals surface area contributed by atoms with Gasteiger partial charge in [0.25, 0.3) is 0 Å². The quantitative estimate of drug-likeness (QED) is 0.595. The van der Waals surface area contributed by atoms with Crippen molar-refractivity contribution in [3.63, 3.8) is 0 Å². The van der Waals surface area contributed by atoms with Gasteiger partial charge in [-0.25, -0.2) is 0 Å². The molecule has 2 aliphatic rings. The maximum atomic E-state index is 12.5. The molecule has 1 aromatic carbocycles. The number of hydrogen-bond donors (Lipinski definition) is 0. The molecule has 1 aliphatic carbocycles. The van der Waals surface area contributed by atoms with Crippen LogP contribution in [0.2, 0.25) is 0 Å². The summed E-state index contributed by atoms with van der Waals surface area (Å²) in [5.41, 5.74) is 0.915. The van der Waals surface area contributed by atoms with Gasteiger partial charge in [-0.2, -0.15) is 0 Å². The first kappa shape index (κ1) is 12.6. The van der Waals surface area contributed by atoms with Crippen LogP contribution >= 0.6 is 22.6 Å². The Bertz CT molecular complexity index is 448. The summed E-state index contributed by atoms with van der Waals surface area (Å²) >= 11 is 2.26. The Morgan fingerprint density at radius 1 is 1.28 bits per heavy atom. The summed E-state index contributed by atoms with van der Waals surface area (Å²) in [5, 5.41) is 0. The number of carbonyl (C=O) groups is 1. The monoisotopic (exact) mass is 356 g/mol. The molecule has 2 nitrogen and oxygen atoms in total. The van der Waals surface area contributed by atoms with Gasteiger partial charge in [0.05, 0.1) is 5.60 Å². The van der Waals surface area contributed by atoms with E-state index in [4.69, 9.17) is 4.74 Å². The molecule has 96 valence electrons. The molecule has 1 unspecified atom stereocenters. The highest BCUT2D eigenvalue weighted by Gasteiger charge is 2.44. The van der Waals surface area contributed by atoms with Crippen LogP contribution in [0.15, 0.2) is 24.3 Å². The van der Waals surface area contributed by atoms with Gasteiger partial charge in [0.2, 0.25) is 0 Å². The third-order valence-corrected chi connectivity index (χ3v) is 4.98. The summed E-state index contributed by atoms with van der Waals surface area (Å²) in [6.45, 7) is 0.751. The Balaban J connectivity index is 1.74. The zero-order valence-corrected chi connectivity index (χ0v) is 12.5. The molecule has 1 saturated heterocycles. The summed E-state index contributed by atoms with van der Waals surface area (Å²) < 4.78 is 7.06. The molecule has 1 saturated carbocycles. The lowest BCUT2D eigenvalue weighted by molar-refractivity contribution is -0.137. The van der Waals surface area contributed by atoms with Crippen LogP contribution in [0.3, 0.4) is 0 Å². The molecule has 0 amide bonds. The van der Waals surface area contributed by atoms with Gasteiger partial charge in [-0.05, 0) is 66.8 Å². The zero-order chi connectivity index (χ0) is 12.6. The van der Waals surface area contributed by atoms with Crippen LogP contribution in [-0.4, -0.2) is 18.0 Å². The average Bonchev–Trinajstić information content (AvgIpc) is 2.37. The van der Waals surface area contributed by atoms with Crippen molar-refractivity contribution in [1.82, 2.24) is 0 Å². The van der Waals surface area contributed by atoms with Crippen LogP contribution in [0, 0.1) is 9.49 Å². The predicted molar refractivity (Wildman–Crippen MR) is 78.7 cm³/mol. The van der Waals surface area contributed by atoms with Crippen LogP contribution in [0.1, 0.15) is 42.5 Å². The summed E-state index contributed by atoms with van der Waals surface area (Å²) in [5.74, 6) is 0.472. The van der Waals surface area contributed by atoms with Gasteiger partial charge < -0.3 is 4.74 Å². The number of ketones is 1. The van der Waals surface area contributed by atoms with E-state index in [-0.39, 0.29) is 11.5 Å². The fraction of sp³-hybridized carbons (Fsp3) is 0.533. The van der Waals surface area contributed by atoms with Crippen LogP contribution in [-0.2, 0) is 4.74 Å². The minimum absolute atomic E-state index is 0.0573. The number of Topliss-reactive ketones (excluding diaryl/α,β-unsaturated/α-hetero) is 1. The van der Waals surface area contributed by atoms with Crippen molar-refractivity contribution in [1.29, 1.82) is 0 Å². The van der Waals surface area contributed by atoms with E-state index in [1.54, 1.807) is 0 Å². The molecule has 1 heterocycles. The molecule has 0 radical (unpaired) electrons. The SMILES string of the molecule is O=C(c1ccc(I)cc1)C1CCOC2(CCC2)C1. The minimum Gasteiger partial charge on any atom is -0.375 e. The molecule has 3 rings (SSSR count). The van der Waals surface area contributed by atoms with E-state index in [0.717, 1.165) is 37.9 Å². The summed E-state index contributed by atoms with van der Waals surface area (Å²) in [6.07, 6.45) is 5.35. The van der Waals surface area contributed by atoms with E-state index in [1.807, 2.05) is 24.3 Å². The van der Waals surface area contributed by atoms with Crippen molar-refractivity contribution in [3.8, 4) is 0 Å². The molecule has 3 heteroatoms. The third kappa shape index (κ3) is 2.35. The molecule has 0 N–H and O–H groups in total. The highest BCUT2D eigenvalue weighted by Crippen LogP contribution is 2.44. The molecule has 2 fully saturated rings. The second-order valence-electron chi connectivity index (χ2n) is 5.45. The summed E-state index contributed by atoms with van der Waals surface area (Å²) in [7, 11) is 0. The lowest BCUT2D eigenvalue weighted by atomic mass is 9.70. The maximum absolute atomic E-state index is 12.5. The van der Waals surface area contributed by atoms with Gasteiger partial charge in [0.15, 0.2) is 5.78 Å². The van der Waals surface area contributed by atoms with Crippen molar-refractivity contribution in [3.05, 3.63) is 33.4 Å². The van der Waals surface area contributed by atoms with E-state index in [9.17, 15) is 4.79 Å². The Morgan fingerprint density at radius 2 is 2.00 bits per heavy atom. The topological polar surface area (TPSA) is 26.3 Å². The lowest BCUT2D eigenvalue weighted by Gasteiger charge is -2.46. The predicted octanol–water partition coefficient (Wildman–Crippen LogP) is 3.82. The Labute approximate surface area is 121 Å². The number of halogens is 1. The van der Waals surface area contributed by atoms with Crippen LogP contribution in [0.4, 0.5) is 0 Å². The van der Waals surface area contributed by atoms with Gasteiger partial charge in [-0.15, -0.1) is 0 Å². The van der Waals surface area contributed by atoms with E-state index in [0.29, 0.717) is 5.78 Å². The first-order valence-electron chi connectivity index (χ1n) is 6.62. The average molecular weight is 356 g/mol. The largest absolute Gasteiger partial charge is 0.375 e. The Morgan fingerprint density at radius 3 is 2.61 bits per heavy atom. The van der Waals surface area contributed by atoms with Crippen LogP contribution in [0.25, 0.3) is 0 Å². The van der Waals surface area contributed by atoms with Crippen molar-refractivity contribution in [2.24, 2.45) is 5.92 Å². The fourth-order valence-corrected chi connectivity index (χ4v) is 3.38. The van der Waals surface area contributed by atoms with Crippen molar-refractivity contribution >= 4 is 28.4 Å². The summed E-state index contributed by atoms with van der Waals surface area (Å²) in [4.78, 5) is 12.5. The molecule has 0 aromatic heterocycles. The van der Waals surface area contributed by atoms with E-state index in [1.165, 1.54) is 9.99 Å². The molecule has 1 aliphatic heterocycles. The highest BCUT2D eigenvalue weighted by atomic mass is 127. The van der Waals surface area contributed by atoms with Crippen LogP contribution < -0.4 is 0 Å². The summed E-state index contributed by atoms with van der Waals surface area (Å²) in [6, 6.07) is 7.92. The smallest absolute Gasteiger partial charge is 0.166 e. The number of rotatable bonds is 2. The molecule has 0 bridgehead atoms. The normalized spacial score (nSPS) is 25.7. The number of ether oxygens (including phenoxy) is 1. The highest BCUT2D eigenvalue weighted by molar-refractivity contribution is 14.1. The first-order valence-corrected chi connectivity index (χ1v) is 7.70. The van der Waals surface area contributed by atoms with E-state index < -0.39 is 0 Å². The number of carbonyl (C=O) groups excluding carboxylic acids is 1. The molecular formula is C15H17IO2. The third-order valence-electron chi connectivity index (χ3n) is 4.26. The Hall–Kier alpha value is -0.420. The van der Waals surface area contributed by atoms with E-state index in [2.05, 4.69) is 22.6 Å². The van der Waals surface area contributed by atoms with Gasteiger partial charge in [-0.3, -0.25) is 4.79 Å². The van der Waals surface area contributed by atoms with Gasteiger partial charge >= 0.3 is 0 Å². The standard InChI is InChI=1S/C15H17IO2/c16-13-4-2-11(3-5-13)14(17)12-6-9-18-15(10-12)7-1-8-15/h2-5,12H,1,6-10H2. The Kier molecular flexibility index (Phi) is 3.45. The molecular weight excluding hydrogens is 339 g/mol. The van der Waals surface area contributed by atoms with Crippen molar-refractivity contribution < 1.29 is 9.53 Å². The molecule has 1 spiro atoms. The molecule has 1 atom stereocenters. The second-order valence-corrected chi connectivity index (χ2v) is 6.69. The number of hydrogen-bond acceptors (Lipinski definition) is 2. The van der Waals surface area contributed by atoms with Crippen LogP contribution in [0.5, 0.6) is 0 Å².